The summed E-state index contributed by atoms with van der Waals surface area (Å²) in [5, 5.41) is 15.6. The smallest absolute Gasteiger partial charge is 0.319 e. The number of nitrogens with two attached hydrogens (primary N) is 1. The molecule has 4 aliphatic heterocycles. The van der Waals surface area contributed by atoms with Gasteiger partial charge in [-0.25, -0.2) is 13.2 Å². The number of hydrogen-bond donors (Lipinski definition) is 3. The lowest BCUT2D eigenvalue weighted by molar-refractivity contribution is 0.107. The van der Waals surface area contributed by atoms with Crippen molar-refractivity contribution in [3.05, 3.63) is 33.4 Å². The van der Waals surface area contributed by atoms with Crippen LogP contribution in [0.3, 0.4) is 0 Å². The number of fused-ring (bicyclic) bond motifs is 2. The van der Waals surface area contributed by atoms with E-state index >= 15 is 4.39 Å². The number of thiophene rings is 1. The van der Waals surface area contributed by atoms with Gasteiger partial charge in [0.2, 0.25) is 0 Å². The van der Waals surface area contributed by atoms with Crippen LogP contribution >= 0.6 is 33.9 Å². The molecule has 0 radical (unpaired) electrons. The third-order valence-corrected chi connectivity index (χ3v) is 12.0. The van der Waals surface area contributed by atoms with E-state index in [0.717, 1.165) is 43.8 Å². The van der Waals surface area contributed by atoms with Crippen LogP contribution in [0.5, 0.6) is 11.8 Å². The zero-order valence-electron chi connectivity index (χ0n) is 25.2. The Bertz CT molecular complexity index is 1860. The van der Waals surface area contributed by atoms with Crippen LogP contribution in [-0.2, 0) is 0 Å². The fourth-order valence-electron chi connectivity index (χ4n) is 7.65. The summed E-state index contributed by atoms with van der Waals surface area (Å²) < 4.78 is 60.1. The van der Waals surface area contributed by atoms with Gasteiger partial charge in [-0.15, -0.1) is 11.3 Å². The van der Waals surface area contributed by atoms with Crippen molar-refractivity contribution < 1.29 is 27.8 Å². The zero-order valence-corrected chi connectivity index (χ0v) is 28.1. The Balaban J connectivity index is 1.33. The van der Waals surface area contributed by atoms with Crippen LogP contribution < -0.4 is 25.4 Å². The molecule has 2 unspecified atom stereocenters. The van der Waals surface area contributed by atoms with Gasteiger partial charge in [0.1, 0.15) is 42.3 Å². The average Bonchev–Trinajstić information content (AvgIpc) is 3.63. The molecule has 6 heterocycles. The summed E-state index contributed by atoms with van der Waals surface area (Å²) in [6, 6.07) is 4.02. The third-order valence-electron chi connectivity index (χ3n) is 10.0. The fourth-order valence-corrected chi connectivity index (χ4v) is 9.46. The van der Waals surface area contributed by atoms with E-state index in [2.05, 4.69) is 37.8 Å². The number of aliphatic hydroxyl groups excluding tert-OH is 1. The maximum atomic E-state index is 17.1. The number of anilines is 2. The molecule has 244 valence electrons. The molecule has 9 nitrogen and oxygen atoms in total. The average molecular weight is 767 g/mol. The minimum atomic E-state index is -0.926. The Labute approximate surface area is 281 Å². The Morgan fingerprint density at radius 3 is 2.89 bits per heavy atom. The molecule has 4 N–H and O–H groups in total. The molecule has 0 saturated carbocycles. The quantitative estimate of drug-likeness (QED) is 0.222. The monoisotopic (exact) mass is 766 g/mol. The number of alkyl halides is 1. The summed E-state index contributed by atoms with van der Waals surface area (Å²) in [4.78, 5) is 13.7. The Morgan fingerprint density at radius 2 is 2.13 bits per heavy atom. The van der Waals surface area contributed by atoms with Gasteiger partial charge in [-0.3, -0.25) is 4.90 Å². The van der Waals surface area contributed by atoms with Gasteiger partial charge in [0, 0.05) is 49.5 Å². The third kappa shape index (κ3) is 4.89. The molecule has 0 bridgehead atoms. The Kier molecular flexibility index (Phi) is 7.66. The Hall–Kier alpha value is -2.66. The van der Waals surface area contributed by atoms with E-state index in [0.29, 0.717) is 66.6 Å². The highest BCUT2D eigenvalue weighted by Crippen LogP contribution is 2.49. The van der Waals surface area contributed by atoms with Crippen molar-refractivity contribution in [2.45, 2.75) is 50.0 Å². The lowest BCUT2D eigenvalue weighted by Gasteiger charge is -2.38. The van der Waals surface area contributed by atoms with Crippen LogP contribution in [0.15, 0.2) is 18.2 Å². The number of aromatic nitrogens is 2. The topological polar surface area (TPSA) is 109 Å². The molecule has 3 fully saturated rings. The predicted octanol–water partition coefficient (Wildman–Crippen LogP) is 5.10. The van der Waals surface area contributed by atoms with E-state index in [1.54, 1.807) is 19.1 Å². The van der Waals surface area contributed by atoms with E-state index in [1.807, 2.05) is 4.90 Å². The zero-order chi connectivity index (χ0) is 31.9. The maximum Gasteiger partial charge on any atom is 0.319 e. The number of nitrogens with one attached hydrogen (secondary N) is 1. The minimum Gasteiger partial charge on any atom is -0.489 e. The molecule has 0 amide bonds. The van der Waals surface area contributed by atoms with Crippen LogP contribution in [0.1, 0.15) is 26.2 Å². The molecule has 4 aliphatic rings. The number of halogens is 4. The van der Waals surface area contributed by atoms with Crippen molar-refractivity contribution in [2.75, 3.05) is 56.6 Å². The van der Waals surface area contributed by atoms with Crippen molar-refractivity contribution in [1.29, 1.82) is 0 Å². The van der Waals surface area contributed by atoms with E-state index in [-0.39, 0.29) is 30.3 Å². The van der Waals surface area contributed by atoms with E-state index < -0.39 is 35.5 Å². The van der Waals surface area contributed by atoms with Gasteiger partial charge in [-0.2, -0.15) is 9.97 Å². The van der Waals surface area contributed by atoms with Crippen LogP contribution in [0.2, 0.25) is 0 Å². The van der Waals surface area contributed by atoms with Gasteiger partial charge >= 0.3 is 6.01 Å². The van der Waals surface area contributed by atoms with Crippen LogP contribution in [0.4, 0.5) is 24.0 Å². The van der Waals surface area contributed by atoms with E-state index in [1.165, 1.54) is 6.07 Å². The first-order chi connectivity index (χ1) is 22.1. The van der Waals surface area contributed by atoms with Crippen LogP contribution in [-0.4, -0.2) is 89.8 Å². The van der Waals surface area contributed by atoms with Gasteiger partial charge in [-0.1, -0.05) is 6.07 Å². The second kappa shape index (κ2) is 11.5. The molecule has 14 heteroatoms. The summed E-state index contributed by atoms with van der Waals surface area (Å²) in [5.74, 6) is 0.0564. The molecule has 4 aromatic rings. The summed E-state index contributed by atoms with van der Waals surface area (Å²) in [5.41, 5.74) is 6.31. The van der Waals surface area contributed by atoms with Crippen molar-refractivity contribution >= 4 is 65.7 Å². The van der Waals surface area contributed by atoms with Gasteiger partial charge in [0.15, 0.2) is 5.82 Å². The number of nitrogens with zero attached hydrogens (tertiary/aromatic N) is 4. The number of ether oxygens (including phenoxy) is 2. The summed E-state index contributed by atoms with van der Waals surface area (Å²) in [7, 11) is 0. The molecule has 8 rings (SSSR count). The van der Waals surface area contributed by atoms with Crippen molar-refractivity contribution in [2.24, 2.45) is 5.92 Å². The highest BCUT2D eigenvalue weighted by Gasteiger charge is 2.49. The van der Waals surface area contributed by atoms with Crippen molar-refractivity contribution in [3.8, 4) is 22.9 Å². The second-order valence-corrected chi connectivity index (χ2v) is 15.2. The summed E-state index contributed by atoms with van der Waals surface area (Å²) in [6.45, 7) is 5.39. The highest BCUT2D eigenvalue weighted by atomic mass is 127. The van der Waals surface area contributed by atoms with Crippen molar-refractivity contribution in [3.63, 3.8) is 0 Å². The molecular formula is C32H34F3IN6O3S. The molecule has 4 atom stereocenters. The molecule has 3 saturated heterocycles. The number of hydrogen-bond acceptors (Lipinski definition) is 10. The first kappa shape index (κ1) is 30.7. The van der Waals surface area contributed by atoms with Crippen molar-refractivity contribution in [1.82, 2.24) is 20.2 Å². The molecular weight excluding hydrogens is 732 g/mol. The van der Waals surface area contributed by atoms with E-state index in [9.17, 15) is 13.9 Å². The first-order valence-electron chi connectivity index (χ1n) is 15.6. The summed E-state index contributed by atoms with van der Waals surface area (Å²) in [6.07, 6.45) is 0.408. The molecule has 2 aromatic carbocycles. The lowest BCUT2D eigenvalue weighted by atomic mass is 9.95. The molecule has 0 aliphatic carbocycles. The molecule has 0 spiro atoms. The fraction of sp³-hybridized carbons (Fsp3) is 0.500. The van der Waals surface area contributed by atoms with Gasteiger partial charge in [-0.05, 0) is 66.6 Å². The second-order valence-electron chi connectivity index (χ2n) is 13.0. The van der Waals surface area contributed by atoms with Gasteiger partial charge in [0.05, 0.1) is 36.3 Å². The van der Waals surface area contributed by atoms with Gasteiger partial charge in [0.25, 0.3) is 0 Å². The van der Waals surface area contributed by atoms with Crippen LogP contribution in [0.25, 0.3) is 32.1 Å². The lowest BCUT2D eigenvalue weighted by Crippen LogP contribution is -2.54. The largest absolute Gasteiger partial charge is 0.489 e. The normalized spacial score (nSPS) is 25.5. The maximum absolute atomic E-state index is 17.1. The summed E-state index contributed by atoms with van der Waals surface area (Å²) >= 11 is 3.18. The number of benzene rings is 2. The Morgan fingerprint density at radius 1 is 1.30 bits per heavy atom. The number of rotatable bonds is 7. The SMILES string of the molecule is CC(O)C1COc2c(I)c(-c3ccc(F)c4sc(N)cc34)c(F)c3nc(OC[C@@]45CCCN4C[C@H](F)C5)nc(c23)N1CC1CNC1. The standard InChI is InChI=1S/C32H34F3IN6O3S/c1-15(43)21-13-44-28-24-27(25(35)23(26(28)36)18-3-4-20(34)29-19(18)7-22(37)46-29)39-31(40-30(24)42(21)11-16-9-38-10-16)45-14-32-5-2-6-41(32)12-17(33)8-32/h3-4,7,15-17,21,38,43H,2,5-6,8-14,37H2,1H3/t15?,17-,21?,32+/m1/s1. The molecule has 2 aromatic heterocycles. The van der Waals surface area contributed by atoms with E-state index in [4.69, 9.17) is 20.2 Å². The van der Waals surface area contributed by atoms with Gasteiger partial charge < -0.3 is 30.5 Å². The predicted molar refractivity (Wildman–Crippen MR) is 181 cm³/mol. The first-order valence-corrected chi connectivity index (χ1v) is 17.5. The van der Waals surface area contributed by atoms with Crippen LogP contribution in [0, 0.1) is 21.1 Å². The minimum absolute atomic E-state index is 0.00429. The molecule has 46 heavy (non-hydrogen) atoms. The number of nitrogen functional groups attached to an aromatic ring is 1. The number of aliphatic hydroxyl groups is 1. The highest BCUT2D eigenvalue weighted by molar-refractivity contribution is 14.1.